The number of aliphatic hydroxyl groups is 1. The average Bonchev–Trinajstić information content (AvgIpc) is 3.30. The Balaban J connectivity index is 1.61. The molecule has 0 aromatic carbocycles. The van der Waals surface area contributed by atoms with E-state index in [9.17, 15) is 18.3 Å². The van der Waals surface area contributed by atoms with Crippen LogP contribution in [0.4, 0.5) is 30.6 Å². The zero-order chi connectivity index (χ0) is 19.7. The third kappa shape index (κ3) is 3.57. The fourth-order valence-electron chi connectivity index (χ4n) is 2.45. The van der Waals surface area contributed by atoms with Crippen molar-refractivity contribution in [2.45, 2.75) is 12.4 Å². The lowest BCUT2D eigenvalue weighted by Gasteiger charge is -2.11. The molecule has 0 saturated carbocycles. The number of aromatic nitrogens is 5. The number of halogens is 3. The second kappa shape index (κ2) is 6.81. The average molecular weight is 391 g/mol. The van der Waals surface area contributed by atoms with Crippen LogP contribution in [-0.2, 0) is 6.18 Å². The van der Waals surface area contributed by atoms with Gasteiger partial charge in [-0.3, -0.25) is 0 Å². The van der Waals surface area contributed by atoms with Crippen molar-refractivity contribution in [2.24, 2.45) is 0 Å². The molecule has 0 radical (unpaired) electrons. The van der Waals surface area contributed by atoms with E-state index in [2.05, 4.69) is 35.4 Å². The molecule has 3 N–H and O–H groups in total. The van der Waals surface area contributed by atoms with E-state index in [1.165, 1.54) is 41.2 Å². The van der Waals surface area contributed by atoms with Gasteiger partial charge in [0.15, 0.2) is 17.7 Å². The van der Waals surface area contributed by atoms with Crippen LogP contribution in [0.3, 0.4) is 0 Å². The topological polar surface area (TPSA) is 113 Å². The molecule has 0 saturated heterocycles. The van der Waals surface area contributed by atoms with Crippen LogP contribution in [0.2, 0.25) is 0 Å². The summed E-state index contributed by atoms with van der Waals surface area (Å²) in [6.07, 6.45) is -1.44. The maximum absolute atomic E-state index is 12.8. The number of alkyl halides is 3. The molecule has 0 fully saturated rings. The van der Waals surface area contributed by atoms with Gasteiger partial charge in [-0.15, -0.1) is 0 Å². The quantitative estimate of drug-likeness (QED) is 0.445. The van der Waals surface area contributed by atoms with Gasteiger partial charge in [0.05, 0.1) is 11.8 Å². The predicted molar refractivity (Wildman–Crippen MR) is 90.6 cm³/mol. The minimum atomic E-state index is -4.55. The summed E-state index contributed by atoms with van der Waals surface area (Å²) in [5.74, 6) is 0.526. The van der Waals surface area contributed by atoms with Gasteiger partial charge in [-0.1, -0.05) is 11.2 Å². The smallest absolute Gasteiger partial charge is 0.369 e. The third-order valence-corrected chi connectivity index (χ3v) is 3.71. The van der Waals surface area contributed by atoms with Crippen LogP contribution in [0.5, 0.6) is 0 Å². The number of fused-ring (bicyclic) bond motifs is 1. The van der Waals surface area contributed by atoms with Gasteiger partial charge in [-0.2, -0.15) is 18.3 Å². The van der Waals surface area contributed by atoms with Gasteiger partial charge in [0.25, 0.3) is 0 Å². The Bertz CT molecular complexity index is 1100. The number of hydrogen-bond acceptors (Lipinski definition) is 8. The molecule has 4 aromatic heterocycles. The normalized spacial score (nSPS) is 12.9. The molecular weight excluding hydrogens is 379 g/mol. The van der Waals surface area contributed by atoms with Crippen LogP contribution >= 0.6 is 0 Å². The highest BCUT2D eigenvalue weighted by atomic mass is 19.4. The zero-order valence-electron chi connectivity index (χ0n) is 13.9. The van der Waals surface area contributed by atoms with E-state index >= 15 is 0 Å². The minimum absolute atomic E-state index is 0.0194. The third-order valence-electron chi connectivity index (χ3n) is 3.71. The monoisotopic (exact) mass is 391 g/mol. The van der Waals surface area contributed by atoms with Crippen molar-refractivity contribution in [3.8, 4) is 0 Å². The van der Waals surface area contributed by atoms with Crippen molar-refractivity contribution in [3.63, 3.8) is 0 Å². The van der Waals surface area contributed by atoms with Crippen LogP contribution in [0.15, 0.2) is 53.5 Å². The zero-order valence-corrected chi connectivity index (χ0v) is 13.9. The summed E-state index contributed by atoms with van der Waals surface area (Å²) in [5.41, 5.74) is -0.389. The molecule has 4 aromatic rings. The van der Waals surface area contributed by atoms with Gasteiger partial charge in [0.2, 0.25) is 0 Å². The summed E-state index contributed by atoms with van der Waals surface area (Å²) in [4.78, 5) is 7.83. The number of pyridine rings is 1. The molecule has 0 aliphatic carbocycles. The van der Waals surface area contributed by atoms with E-state index in [1.807, 2.05) is 0 Å². The number of nitrogens with one attached hydrogen (secondary N) is 2. The summed E-state index contributed by atoms with van der Waals surface area (Å²) in [7, 11) is 0. The van der Waals surface area contributed by atoms with Crippen molar-refractivity contribution >= 4 is 23.1 Å². The second-order valence-corrected chi connectivity index (χ2v) is 5.64. The molecule has 9 nitrogen and oxygen atoms in total. The Morgan fingerprint density at radius 3 is 2.64 bits per heavy atom. The Labute approximate surface area is 154 Å². The lowest BCUT2D eigenvalue weighted by atomic mass is 10.3. The Hall–Kier alpha value is -3.67. The molecule has 0 bridgehead atoms. The summed E-state index contributed by atoms with van der Waals surface area (Å²) in [6.45, 7) is 0. The van der Waals surface area contributed by atoms with Crippen LogP contribution in [0, 0.1) is 0 Å². The van der Waals surface area contributed by atoms with E-state index < -0.39 is 18.1 Å². The van der Waals surface area contributed by atoms with E-state index in [4.69, 9.17) is 0 Å². The predicted octanol–water partition coefficient (Wildman–Crippen LogP) is 2.98. The van der Waals surface area contributed by atoms with Crippen LogP contribution in [-0.4, -0.2) is 29.8 Å². The van der Waals surface area contributed by atoms with E-state index in [-0.39, 0.29) is 11.6 Å². The first kappa shape index (κ1) is 17.7. The van der Waals surface area contributed by atoms with Crippen molar-refractivity contribution in [1.82, 2.24) is 24.7 Å². The van der Waals surface area contributed by atoms with Gasteiger partial charge < -0.3 is 20.3 Å². The first-order valence-corrected chi connectivity index (χ1v) is 7.91. The molecule has 12 heteroatoms. The highest BCUT2D eigenvalue weighted by Gasteiger charge is 2.32. The van der Waals surface area contributed by atoms with E-state index in [0.29, 0.717) is 17.0 Å². The van der Waals surface area contributed by atoms with Crippen molar-refractivity contribution in [3.05, 3.63) is 60.2 Å². The lowest BCUT2D eigenvalue weighted by molar-refractivity contribution is -0.141. The molecule has 144 valence electrons. The summed E-state index contributed by atoms with van der Waals surface area (Å²) in [6, 6.07) is 6.55. The fourth-order valence-corrected chi connectivity index (χ4v) is 2.45. The largest absolute Gasteiger partial charge is 0.433 e. The fraction of sp³-hybridized carbons (Fsp3) is 0.125. The number of anilines is 3. The SMILES string of the molecule is OC(Nc1ccon1)c1cnn2ccc(Nc3cccc(C(F)(F)F)n3)nc12. The van der Waals surface area contributed by atoms with Gasteiger partial charge in [0.1, 0.15) is 23.6 Å². The Kier molecular flexibility index (Phi) is 4.31. The number of hydrogen-bond donors (Lipinski definition) is 3. The summed E-state index contributed by atoms with van der Waals surface area (Å²) < 4.78 is 44.5. The van der Waals surface area contributed by atoms with Gasteiger partial charge in [-0.25, -0.2) is 14.5 Å². The maximum Gasteiger partial charge on any atom is 0.433 e. The first-order valence-electron chi connectivity index (χ1n) is 7.91. The van der Waals surface area contributed by atoms with Crippen LogP contribution in [0.25, 0.3) is 5.65 Å². The molecule has 1 atom stereocenters. The summed E-state index contributed by atoms with van der Waals surface area (Å²) in [5, 5.41) is 23.5. The summed E-state index contributed by atoms with van der Waals surface area (Å²) >= 11 is 0. The maximum atomic E-state index is 12.8. The minimum Gasteiger partial charge on any atom is -0.369 e. The van der Waals surface area contributed by atoms with Crippen molar-refractivity contribution < 1.29 is 22.8 Å². The van der Waals surface area contributed by atoms with Crippen molar-refractivity contribution in [1.29, 1.82) is 0 Å². The van der Waals surface area contributed by atoms with Gasteiger partial charge in [-0.05, 0) is 18.2 Å². The molecular formula is C16H12F3N7O2. The van der Waals surface area contributed by atoms with E-state index in [1.54, 1.807) is 6.20 Å². The van der Waals surface area contributed by atoms with Gasteiger partial charge in [0, 0.05) is 12.3 Å². The standard InChI is InChI=1S/C16H12F3N7O2/c17-16(18,19)10-2-1-3-11(21-10)22-12-4-6-26-14(23-12)9(8-20-26)15(27)24-13-5-7-28-25-13/h1-8,15,27H,(H,24,25)(H,21,22,23). The first-order chi connectivity index (χ1) is 13.4. The van der Waals surface area contributed by atoms with E-state index in [0.717, 1.165) is 6.07 Å². The molecule has 4 heterocycles. The number of nitrogens with zero attached hydrogens (tertiary/aromatic N) is 5. The molecule has 28 heavy (non-hydrogen) atoms. The van der Waals surface area contributed by atoms with Crippen LogP contribution < -0.4 is 10.6 Å². The molecule has 1 unspecified atom stereocenters. The molecule has 4 rings (SSSR count). The highest BCUT2D eigenvalue weighted by Crippen LogP contribution is 2.29. The van der Waals surface area contributed by atoms with Crippen LogP contribution in [0.1, 0.15) is 17.5 Å². The molecule has 0 spiro atoms. The molecule has 0 aliphatic heterocycles. The van der Waals surface area contributed by atoms with Gasteiger partial charge >= 0.3 is 6.18 Å². The second-order valence-electron chi connectivity index (χ2n) is 5.64. The molecule has 0 amide bonds. The highest BCUT2D eigenvalue weighted by molar-refractivity contribution is 5.58. The lowest BCUT2D eigenvalue weighted by Crippen LogP contribution is -2.11. The number of rotatable bonds is 5. The Morgan fingerprint density at radius 2 is 1.89 bits per heavy atom. The number of aliphatic hydroxyl groups excluding tert-OH is 1. The molecule has 0 aliphatic rings. The van der Waals surface area contributed by atoms with Crippen molar-refractivity contribution in [2.75, 3.05) is 10.6 Å². The Morgan fingerprint density at radius 1 is 1.07 bits per heavy atom.